The van der Waals surface area contributed by atoms with Crippen LogP contribution >= 0.6 is 0 Å². The van der Waals surface area contributed by atoms with Gasteiger partial charge >= 0.3 is 0 Å². The van der Waals surface area contributed by atoms with E-state index in [1.807, 2.05) is 6.07 Å². The van der Waals surface area contributed by atoms with Crippen LogP contribution in [0.25, 0.3) is 0 Å². The highest BCUT2D eigenvalue weighted by Gasteiger charge is 2.11. The molecule has 1 unspecified atom stereocenters. The van der Waals surface area contributed by atoms with Crippen molar-refractivity contribution in [1.29, 1.82) is 0 Å². The Morgan fingerprint density at radius 1 is 1.00 bits per heavy atom. The summed E-state index contributed by atoms with van der Waals surface area (Å²) in [6, 6.07) is 8.50. The molecule has 1 aromatic rings. The number of nitrogens with one attached hydrogen (secondary N) is 1. The average Bonchev–Trinajstić information content (AvgIpc) is 2.44. The summed E-state index contributed by atoms with van der Waals surface area (Å²) in [5, 5.41) is 3.63. The van der Waals surface area contributed by atoms with Gasteiger partial charge in [-0.1, -0.05) is 46.2 Å². The summed E-state index contributed by atoms with van der Waals surface area (Å²) in [5.74, 6) is 3.17. The minimum Gasteiger partial charge on any atom is -0.497 e. The van der Waals surface area contributed by atoms with Crippen molar-refractivity contribution in [2.45, 2.75) is 47.0 Å². The normalized spacial score (nSPS) is 12.9. The lowest BCUT2D eigenvalue weighted by atomic mass is 9.91. The second-order valence-electron chi connectivity index (χ2n) is 6.94. The SMILES string of the molecule is COc1cccc(CC(CCC(C)C)CNCC(C)C)c1. The number of hydrogen-bond acceptors (Lipinski definition) is 2. The van der Waals surface area contributed by atoms with Crippen molar-refractivity contribution in [3.05, 3.63) is 29.8 Å². The van der Waals surface area contributed by atoms with E-state index in [0.29, 0.717) is 11.8 Å². The Bertz CT molecular complexity index is 387. The lowest BCUT2D eigenvalue weighted by molar-refractivity contribution is 0.387. The van der Waals surface area contributed by atoms with Gasteiger partial charge in [0.25, 0.3) is 0 Å². The molecule has 1 rings (SSSR count). The molecular weight excluding hydrogens is 258 g/mol. The molecule has 0 aromatic heterocycles. The topological polar surface area (TPSA) is 21.3 Å². The monoisotopic (exact) mass is 291 g/mol. The number of hydrogen-bond donors (Lipinski definition) is 1. The Morgan fingerprint density at radius 2 is 1.76 bits per heavy atom. The molecule has 0 aliphatic heterocycles. The third kappa shape index (κ3) is 8.11. The molecule has 0 aliphatic carbocycles. The van der Waals surface area contributed by atoms with E-state index >= 15 is 0 Å². The lowest BCUT2D eigenvalue weighted by Gasteiger charge is -2.20. The molecule has 2 nitrogen and oxygen atoms in total. The molecule has 0 amide bonds. The van der Waals surface area contributed by atoms with Crippen molar-refractivity contribution in [2.24, 2.45) is 17.8 Å². The lowest BCUT2D eigenvalue weighted by Crippen LogP contribution is -2.27. The first-order valence-corrected chi connectivity index (χ1v) is 8.35. The molecule has 21 heavy (non-hydrogen) atoms. The Balaban J connectivity index is 2.57. The van der Waals surface area contributed by atoms with Crippen LogP contribution in [0.4, 0.5) is 0 Å². The first-order chi connectivity index (χ1) is 10.0. The van der Waals surface area contributed by atoms with Gasteiger partial charge in [-0.05, 0) is 61.4 Å². The van der Waals surface area contributed by atoms with E-state index in [2.05, 4.69) is 51.2 Å². The van der Waals surface area contributed by atoms with E-state index in [4.69, 9.17) is 4.74 Å². The third-order valence-corrected chi connectivity index (χ3v) is 3.80. The molecule has 1 N–H and O–H groups in total. The average molecular weight is 291 g/mol. The summed E-state index contributed by atoms with van der Waals surface area (Å²) < 4.78 is 5.33. The fourth-order valence-corrected chi connectivity index (χ4v) is 2.55. The Labute approximate surface area is 131 Å². The van der Waals surface area contributed by atoms with Crippen LogP contribution in [0.1, 0.15) is 46.1 Å². The minimum absolute atomic E-state index is 0.707. The van der Waals surface area contributed by atoms with Gasteiger partial charge in [-0.15, -0.1) is 0 Å². The van der Waals surface area contributed by atoms with E-state index in [9.17, 15) is 0 Å². The summed E-state index contributed by atoms with van der Waals surface area (Å²) in [6.07, 6.45) is 3.73. The largest absolute Gasteiger partial charge is 0.497 e. The Morgan fingerprint density at radius 3 is 2.38 bits per heavy atom. The van der Waals surface area contributed by atoms with Crippen molar-refractivity contribution in [3.8, 4) is 5.75 Å². The summed E-state index contributed by atoms with van der Waals surface area (Å²) >= 11 is 0. The van der Waals surface area contributed by atoms with Crippen LogP contribution in [0.2, 0.25) is 0 Å². The molecule has 0 bridgehead atoms. The molecule has 0 fully saturated rings. The van der Waals surface area contributed by atoms with E-state index in [0.717, 1.165) is 31.2 Å². The van der Waals surface area contributed by atoms with Gasteiger partial charge < -0.3 is 10.1 Å². The zero-order valence-corrected chi connectivity index (χ0v) is 14.5. The highest BCUT2D eigenvalue weighted by molar-refractivity contribution is 5.28. The minimum atomic E-state index is 0.707. The van der Waals surface area contributed by atoms with Crippen LogP contribution in [0.3, 0.4) is 0 Å². The van der Waals surface area contributed by atoms with Crippen LogP contribution in [-0.4, -0.2) is 20.2 Å². The van der Waals surface area contributed by atoms with Gasteiger partial charge in [-0.2, -0.15) is 0 Å². The molecule has 0 saturated heterocycles. The fraction of sp³-hybridized carbons (Fsp3) is 0.684. The molecule has 0 aliphatic rings. The van der Waals surface area contributed by atoms with Gasteiger partial charge in [0.2, 0.25) is 0 Å². The van der Waals surface area contributed by atoms with E-state index < -0.39 is 0 Å². The van der Waals surface area contributed by atoms with Crippen LogP contribution in [0.5, 0.6) is 5.75 Å². The standard InChI is InChI=1S/C19H33NO/c1-15(2)9-10-18(14-20-13-16(3)4)11-17-7-6-8-19(12-17)21-5/h6-8,12,15-16,18,20H,9-11,13-14H2,1-5H3. The molecule has 0 heterocycles. The maximum absolute atomic E-state index is 5.33. The molecule has 1 atom stereocenters. The van der Waals surface area contributed by atoms with Crippen LogP contribution in [0.15, 0.2) is 24.3 Å². The first-order valence-electron chi connectivity index (χ1n) is 8.35. The van der Waals surface area contributed by atoms with Crippen molar-refractivity contribution in [3.63, 3.8) is 0 Å². The number of ether oxygens (including phenoxy) is 1. The molecule has 1 aromatic carbocycles. The van der Waals surface area contributed by atoms with E-state index in [1.165, 1.54) is 18.4 Å². The molecule has 120 valence electrons. The maximum atomic E-state index is 5.33. The van der Waals surface area contributed by atoms with Gasteiger partial charge in [0.15, 0.2) is 0 Å². The van der Waals surface area contributed by atoms with Crippen LogP contribution in [-0.2, 0) is 6.42 Å². The summed E-state index contributed by atoms with van der Waals surface area (Å²) in [6.45, 7) is 11.4. The smallest absolute Gasteiger partial charge is 0.119 e. The highest BCUT2D eigenvalue weighted by atomic mass is 16.5. The second-order valence-corrected chi connectivity index (χ2v) is 6.94. The summed E-state index contributed by atoms with van der Waals surface area (Å²) in [7, 11) is 1.74. The van der Waals surface area contributed by atoms with Crippen molar-refractivity contribution in [1.82, 2.24) is 5.32 Å². The van der Waals surface area contributed by atoms with Gasteiger partial charge in [0.1, 0.15) is 5.75 Å². The highest BCUT2D eigenvalue weighted by Crippen LogP contribution is 2.20. The second kappa shape index (κ2) is 9.83. The fourth-order valence-electron chi connectivity index (χ4n) is 2.55. The van der Waals surface area contributed by atoms with E-state index in [1.54, 1.807) is 7.11 Å². The van der Waals surface area contributed by atoms with Crippen molar-refractivity contribution < 1.29 is 4.74 Å². The molecular formula is C19H33NO. The van der Waals surface area contributed by atoms with Gasteiger partial charge in [0, 0.05) is 0 Å². The Hall–Kier alpha value is -1.02. The zero-order valence-electron chi connectivity index (χ0n) is 14.5. The molecule has 0 saturated carbocycles. The number of methoxy groups -OCH3 is 1. The predicted molar refractivity (Wildman–Crippen MR) is 92.0 cm³/mol. The number of rotatable bonds is 10. The maximum Gasteiger partial charge on any atom is 0.119 e. The van der Waals surface area contributed by atoms with Crippen LogP contribution < -0.4 is 10.1 Å². The van der Waals surface area contributed by atoms with Gasteiger partial charge in [-0.25, -0.2) is 0 Å². The van der Waals surface area contributed by atoms with Gasteiger partial charge in [-0.3, -0.25) is 0 Å². The predicted octanol–water partition coefficient (Wildman–Crippen LogP) is 4.54. The molecule has 2 heteroatoms. The summed E-state index contributed by atoms with van der Waals surface area (Å²) in [4.78, 5) is 0. The zero-order chi connectivity index (χ0) is 15.7. The first kappa shape index (κ1) is 18.0. The van der Waals surface area contributed by atoms with Crippen molar-refractivity contribution in [2.75, 3.05) is 20.2 Å². The quantitative estimate of drug-likeness (QED) is 0.683. The molecule has 0 radical (unpaired) electrons. The van der Waals surface area contributed by atoms with Crippen LogP contribution in [0, 0.1) is 17.8 Å². The van der Waals surface area contributed by atoms with E-state index in [-0.39, 0.29) is 0 Å². The van der Waals surface area contributed by atoms with Crippen molar-refractivity contribution >= 4 is 0 Å². The third-order valence-electron chi connectivity index (χ3n) is 3.80. The Kier molecular flexibility index (Phi) is 8.44. The molecule has 0 spiro atoms. The summed E-state index contributed by atoms with van der Waals surface area (Å²) in [5.41, 5.74) is 1.38. The van der Waals surface area contributed by atoms with Gasteiger partial charge in [0.05, 0.1) is 7.11 Å². The number of benzene rings is 1.